The fourth-order valence-electron chi connectivity index (χ4n) is 2.31. The summed E-state index contributed by atoms with van der Waals surface area (Å²) in [6.45, 7) is 0. The molecule has 0 spiro atoms. The van der Waals surface area contributed by atoms with Crippen LogP contribution in [-0.4, -0.2) is 19.1 Å². The van der Waals surface area contributed by atoms with Crippen molar-refractivity contribution >= 4 is 27.5 Å². The zero-order chi connectivity index (χ0) is 12.7. The number of carbonyl (C=O) groups is 1. The molecule has 1 aliphatic carbocycles. The lowest BCUT2D eigenvalue weighted by Crippen LogP contribution is -2.24. The van der Waals surface area contributed by atoms with Crippen molar-refractivity contribution in [2.75, 3.05) is 12.4 Å². The normalized spacial score (nSPS) is 22.3. The molecule has 5 heteroatoms. The average Bonchev–Trinajstić information content (AvgIpc) is 2.58. The lowest BCUT2D eigenvalue weighted by atomic mass is 9.96. The number of hydrogen-bond donors (Lipinski definition) is 2. The van der Waals surface area contributed by atoms with Crippen LogP contribution in [0.5, 0.6) is 5.75 Å². The van der Waals surface area contributed by atoms with Crippen LogP contribution in [0.25, 0.3) is 0 Å². The minimum atomic E-state index is -0.269. The van der Waals surface area contributed by atoms with Gasteiger partial charge in [0.1, 0.15) is 11.8 Å². The molecule has 18 heavy (non-hydrogen) atoms. The van der Waals surface area contributed by atoms with Crippen LogP contribution < -0.4 is 15.4 Å². The van der Waals surface area contributed by atoms with E-state index < -0.39 is 0 Å². The number of hydrogen-bond acceptors (Lipinski definition) is 3. The summed E-state index contributed by atoms with van der Waals surface area (Å²) in [4.78, 5) is 11.7. The molecule has 4 nitrogen and oxygen atoms in total. The van der Waals surface area contributed by atoms with Crippen LogP contribution in [0.2, 0.25) is 0 Å². The maximum Gasteiger partial charge on any atom is 0.246 e. The zero-order valence-corrected chi connectivity index (χ0v) is 11.7. The Morgan fingerprint density at radius 1 is 1.44 bits per heavy atom. The molecule has 3 rings (SSSR count). The summed E-state index contributed by atoms with van der Waals surface area (Å²) in [5.74, 6) is 0.802. The second-order valence-electron chi connectivity index (χ2n) is 4.75. The highest BCUT2D eigenvalue weighted by molar-refractivity contribution is 9.10. The van der Waals surface area contributed by atoms with Gasteiger partial charge >= 0.3 is 0 Å². The van der Waals surface area contributed by atoms with Gasteiger partial charge in [-0.15, -0.1) is 0 Å². The summed E-state index contributed by atoms with van der Waals surface area (Å²) >= 11 is 3.52. The van der Waals surface area contributed by atoms with Gasteiger partial charge in [-0.05, 0) is 48.3 Å². The molecule has 0 radical (unpaired) electrons. The summed E-state index contributed by atoms with van der Waals surface area (Å²) in [5, 5.41) is 5.88. The molecule has 0 aromatic heterocycles. The number of ether oxygens (including phenoxy) is 1. The van der Waals surface area contributed by atoms with E-state index in [4.69, 9.17) is 4.74 Å². The predicted octanol–water partition coefficient (Wildman–Crippen LogP) is 2.59. The molecular weight excluding hydrogens is 296 g/mol. The topological polar surface area (TPSA) is 50.4 Å². The maximum absolute atomic E-state index is 11.7. The van der Waals surface area contributed by atoms with E-state index in [9.17, 15) is 4.79 Å². The molecule has 1 atom stereocenters. The third-order valence-electron chi connectivity index (χ3n) is 3.57. The summed E-state index contributed by atoms with van der Waals surface area (Å²) in [6, 6.07) is 3.60. The SMILES string of the molecule is CNC1C(=O)Nc2cc(OC3CCC3)c(Br)cc21. The van der Waals surface area contributed by atoms with E-state index in [2.05, 4.69) is 26.6 Å². The second kappa shape index (κ2) is 4.55. The van der Waals surface area contributed by atoms with Gasteiger partial charge < -0.3 is 15.4 Å². The highest BCUT2D eigenvalue weighted by Gasteiger charge is 2.31. The Balaban J connectivity index is 1.91. The largest absolute Gasteiger partial charge is 0.489 e. The van der Waals surface area contributed by atoms with E-state index in [1.165, 1.54) is 6.42 Å². The number of nitrogens with one attached hydrogen (secondary N) is 2. The number of fused-ring (bicyclic) bond motifs is 1. The first-order valence-corrected chi connectivity index (χ1v) is 6.96. The summed E-state index contributed by atoms with van der Waals surface area (Å²) < 4.78 is 6.80. The van der Waals surface area contributed by atoms with E-state index in [1.54, 1.807) is 7.05 Å². The van der Waals surface area contributed by atoms with E-state index in [0.29, 0.717) is 6.10 Å². The predicted molar refractivity (Wildman–Crippen MR) is 72.8 cm³/mol. The first-order valence-electron chi connectivity index (χ1n) is 6.17. The van der Waals surface area contributed by atoms with Gasteiger partial charge in [0, 0.05) is 17.3 Å². The van der Waals surface area contributed by atoms with Crippen LogP contribution in [0.1, 0.15) is 30.9 Å². The number of carbonyl (C=O) groups excluding carboxylic acids is 1. The first kappa shape index (κ1) is 12.0. The van der Waals surface area contributed by atoms with Crippen molar-refractivity contribution in [1.29, 1.82) is 0 Å². The summed E-state index contributed by atoms with van der Waals surface area (Å²) in [6.07, 6.45) is 3.81. The van der Waals surface area contributed by atoms with Crippen molar-refractivity contribution in [1.82, 2.24) is 5.32 Å². The molecule has 96 valence electrons. The maximum atomic E-state index is 11.7. The molecule has 0 saturated heterocycles. The van der Waals surface area contributed by atoms with Gasteiger partial charge in [0.15, 0.2) is 0 Å². The quantitative estimate of drug-likeness (QED) is 0.902. The minimum Gasteiger partial charge on any atom is -0.489 e. The van der Waals surface area contributed by atoms with Gasteiger partial charge in [-0.3, -0.25) is 4.79 Å². The van der Waals surface area contributed by atoms with Crippen LogP contribution in [0.4, 0.5) is 5.69 Å². The van der Waals surface area contributed by atoms with Crippen molar-refractivity contribution in [3.05, 3.63) is 22.2 Å². The van der Waals surface area contributed by atoms with E-state index in [-0.39, 0.29) is 11.9 Å². The first-order chi connectivity index (χ1) is 8.69. The smallest absolute Gasteiger partial charge is 0.246 e. The zero-order valence-electron chi connectivity index (χ0n) is 10.1. The Bertz CT molecular complexity index is 500. The van der Waals surface area contributed by atoms with E-state index in [0.717, 1.165) is 34.3 Å². The Morgan fingerprint density at radius 2 is 2.22 bits per heavy atom. The van der Waals surface area contributed by atoms with Gasteiger partial charge in [0.05, 0.1) is 10.6 Å². The Hall–Kier alpha value is -1.07. The molecular formula is C13H15BrN2O2. The average molecular weight is 311 g/mol. The van der Waals surface area contributed by atoms with Crippen LogP contribution in [0.3, 0.4) is 0 Å². The van der Waals surface area contributed by atoms with Crippen LogP contribution in [0.15, 0.2) is 16.6 Å². The summed E-state index contributed by atoms with van der Waals surface area (Å²) in [5.41, 5.74) is 1.81. The van der Waals surface area contributed by atoms with E-state index in [1.807, 2.05) is 12.1 Å². The standard InChI is InChI=1S/C13H15BrN2O2/c1-15-12-8-5-9(14)11(18-7-3-2-4-7)6-10(8)16-13(12)17/h5-7,12,15H,2-4H2,1H3,(H,16,17). The number of rotatable bonds is 3. The molecule has 2 N–H and O–H groups in total. The fourth-order valence-corrected chi connectivity index (χ4v) is 2.76. The molecule has 2 aliphatic rings. The van der Waals surface area contributed by atoms with Crippen molar-refractivity contribution in [2.45, 2.75) is 31.4 Å². The number of anilines is 1. The number of halogens is 1. The van der Waals surface area contributed by atoms with Gasteiger partial charge in [0.2, 0.25) is 5.91 Å². The Morgan fingerprint density at radius 3 is 2.83 bits per heavy atom. The van der Waals surface area contributed by atoms with E-state index >= 15 is 0 Å². The number of benzene rings is 1. The molecule has 1 aliphatic heterocycles. The molecule has 1 heterocycles. The van der Waals surface area contributed by atoms with Gasteiger partial charge in [-0.25, -0.2) is 0 Å². The molecule has 1 fully saturated rings. The molecule has 1 amide bonds. The summed E-state index contributed by atoms with van der Waals surface area (Å²) in [7, 11) is 1.78. The molecule has 0 bridgehead atoms. The third-order valence-corrected chi connectivity index (χ3v) is 4.19. The number of likely N-dealkylation sites (N-methyl/N-ethyl adjacent to an activating group) is 1. The Labute approximate surface area is 114 Å². The molecule has 1 saturated carbocycles. The van der Waals surface area contributed by atoms with Gasteiger partial charge in [0.25, 0.3) is 0 Å². The lowest BCUT2D eigenvalue weighted by molar-refractivity contribution is -0.117. The van der Waals surface area contributed by atoms with Crippen molar-refractivity contribution in [3.8, 4) is 5.75 Å². The molecule has 1 aromatic rings. The fraction of sp³-hybridized carbons (Fsp3) is 0.462. The molecule has 1 aromatic carbocycles. The van der Waals surface area contributed by atoms with Crippen molar-refractivity contribution in [3.63, 3.8) is 0 Å². The minimum absolute atomic E-state index is 0.0137. The molecule has 1 unspecified atom stereocenters. The van der Waals surface area contributed by atoms with Gasteiger partial charge in [-0.2, -0.15) is 0 Å². The van der Waals surface area contributed by atoms with Crippen molar-refractivity contribution in [2.24, 2.45) is 0 Å². The van der Waals surface area contributed by atoms with Gasteiger partial charge in [-0.1, -0.05) is 0 Å². The second-order valence-corrected chi connectivity index (χ2v) is 5.61. The lowest BCUT2D eigenvalue weighted by Gasteiger charge is -2.27. The van der Waals surface area contributed by atoms with Crippen LogP contribution in [-0.2, 0) is 4.79 Å². The highest BCUT2D eigenvalue weighted by atomic mass is 79.9. The van der Waals surface area contributed by atoms with Crippen LogP contribution in [0, 0.1) is 0 Å². The van der Waals surface area contributed by atoms with Crippen LogP contribution >= 0.6 is 15.9 Å². The highest BCUT2D eigenvalue weighted by Crippen LogP contribution is 2.40. The Kier molecular flexibility index (Phi) is 3.03. The van der Waals surface area contributed by atoms with Crippen molar-refractivity contribution < 1.29 is 9.53 Å². The monoisotopic (exact) mass is 310 g/mol. The number of amides is 1. The third kappa shape index (κ3) is 1.91.